The maximum Gasteiger partial charge on any atom is 0.261 e. The van der Waals surface area contributed by atoms with E-state index in [1.807, 2.05) is 6.92 Å². The third-order valence-corrected chi connectivity index (χ3v) is 1.87. The Bertz CT molecular complexity index is 276. The average Bonchev–Trinajstić information content (AvgIpc) is 2.62. The van der Waals surface area contributed by atoms with Gasteiger partial charge in [0.25, 0.3) is 6.43 Å². The average molecular weight is 219 g/mol. The van der Waals surface area contributed by atoms with Gasteiger partial charge in [-0.1, -0.05) is 6.92 Å². The molecule has 1 aromatic rings. The molecule has 0 saturated carbocycles. The van der Waals surface area contributed by atoms with Crippen molar-refractivity contribution in [3.8, 4) is 0 Å². The molecule has 0 amide bonds. The van der Waals surface area contributed by atoms with E-state index >= 15 is 0 Å². The van der Waals surface area contributed by atoms with Gasteiger partial charge in [-0.25, -0.2) is 8.78 Å². The van der Waals surface area contributed by atoms with Gasteiger partial charge in [0.2, 0.25) is 0 Å². The summed E-state index contributed by atoms with van der Waals surface area (Å²) in [7, 11) is 0. The van der Waals surface area contributed by atoms with E-state index in [0.717, 1.165) is 17.9 Å². The molecule has 0 aliphatic rings. The highest BCUT2D eigenvalue weighted by Crippen LogP contribution is 2.12. The second-order valence-corrected chi connectivity index (χ2v) is 3.06. The third-order valence-electron chi connectivity index (χ3n) is 1.87. The molecule has 0 unspecified atom stereocenters. The highest BCUT2D eigenvalue weighted by molar-refractivity contribution is 5.15. The van der Waals surface area contributed by atoms with Gasteiger partial charge in [0.1, 0.15) is 12.4 Å². The molecular formula is C10H15F2NO2. The zero-order chi connectivity index (χ0) is 11.1. The first-order valence-corrected chi connectivity index (χ1v) is 4.86. The van der Waals surface area contributed by atoms with E-state index in [2.05, 4.69) is 5.32 Å². The van der Waals surface area contributed by atoms with Crippen LogP contribution in [0.15, 0.2) is 16.7 Å². The summed E-state index contributed by atoms with van der Waals surface area (Å²) in [5, 5.41) is 3.09. The molecule has 3 nitrogen and oxygen atoms in total. The van der Waals surface area contributed by atoms with E-state index in [0.29, 0.717) is 6.54 Å². The Balaban J connectivity index is 2.35. The van der Waals surface area contributed by atoms with Gasteiger partial charge in [-0.15, -0.1) is 0 Å². The molecule has 0 fully saturated rings. The number of furan rings is 1. The SMILES string of the molecule is CCNCc1occc1COCC(F)F. The minimum atomic E-state index is -2.42. The smallest absolute Gasteiger partial charge is 0.261 e. The summed E-state index contributed by atoms with van der Waals surface area (Å²) in [5.41, 5.74) is 0.816. The number of hydrogen-bond acceptors (Lipinski definition) is 3. The lowest BCUT2D eigenvalue weighted by molar-refractivity contribution is 0.00942. The fraction of sp³-hybridized carbons (Fsp3) is 0.600. The number of halogens is 2. The number of nitrogens with one attached hydrogen (secondary N) is 1. The molecule has 0 atom stereocenters. The van der Waals surface area contributed by atoms with Gasteiger partial charge in [0, 0.05) is 5.56 Å². The highest BCUT2D eigenvalue weighted by Gasteiger charge is 2.07. The second kappa shape index (κ2) is 6.53. The fourth-order valence-electron chi connectivity index (χ4n) is 1.15. The number of hydrogen-bond donors (Lipinski definition) is 1. The largest absolute Gasteiger partial charge is 0.468 e. The van der Waals surface area contributed by atoms with Gasteiger partial charge in [0.05, 0.1) is 19.4 Å². The van der Waals surface area contributed by atoms with Crippen LogP contribution in [-0.2, 0) is 17.9 Å². The number of ether oxygens (including phenoxy) is 1. The quantitative estimate of drug-likeness (QED) is 0.763. The van der Waals surface area contributed by atoms with Gasteiger partial charge in [-0.05, 0) is 12.6 Å². The summed E-state index contributed by atoms with van der Waals surface area (Å²) in [5.74, 6) is 0.742. The van der Waals surface area contributed by atoms with Crippen molar-refractivity contribution in [2.24, 2.45) is 0 Å². The molecule has 0 spiro atoms. The van der Waals surface area contributed by atoms with Crippen LogP contribution in [0.4, 0.5) is 8.78 Å². The van der Waals surface area contributed by atoms with Crippen molar-refractivity contribution < 1.29 is 17.9 Å². The van der Waals surface area contributed by atoms with Gasteiger partial charge in [-0.3, -0.25) is 0 Å². The summed E-state index contributed by atoms with van der Waals surface area (Å²) in [4.78, 5) is 0. The monoisotopic (exact) mass is 219 g/mol. The van der Waals surface area contributed by atoms with E-state index in [1.54, 1.807) is 6.07 Å². The van der Waals surface area contributed by atoms with E-state index in [1.165, 1.54) is 6.26 Å². The molecule has 5 heteroatoms. The van der Waals surface area contributed by atoms with E-state index in [9.17, 15) is 8.78 Å². The Labute approximate surface area is 87.4 Å². The predicted molar refractivity (Wildman–Crippen MR) is 51.7 cm³/mol. The Hall–Kier alpha value is -0.940. The van der Waals surface area contributed by atoms with Gasteiger partial charge in [0.15, 0.2) is 0 Å². The van der Waals surface area contributed by atoms with E-state index in [4.69, 9.17) is 9.15 Å². The molecule has 0 aliphatic heterocycles. The van der Waals surface area contributed by atoms with Crippen LogP contribution in [0.2, 0.25) is 0 Å². The van der Waals surface area contributed by atoms with Gasteiger partial charge < -0.3 is 14.5 Å². The van der Waals surface area contributed by atoms with Crippen LogP contribution in [0.1, 0.15) is 18.2 Å². The molecule has 1 rings (SSSR count). The Kier molecular flexibility index (Phi) is 5.28. The van der Waals surface area contributed by atoms with Crippen molar-refractivity contribution >= 4 is 0 Å². The second-order valence-electron chi connectivity index (χ2n) is 3.06. The van der Waals surface area contributed by atoms with Gasteiger partial charge in [-0.2, -0.15) is 0 Å². The molecule has 0 saturated heterocycles. The maximum atomic E-state index is 11.8. The van der Waals surface area contributed by atoms with E-state index in [-0.39, 0.29) is 6.61 Å². The first kappa shape index (κ1) is 12.1. The summed E-state index contributed by atoms with van der Waals surface area (Å²) >= 11 is 0. The first-order valence-electron chi connectivity index (χ1n) is 4.86. The van der Waals surface area contributed by atoms with Crippen LogP contribution in [0.5, 0.6) is 0 Å². The topological polar surface area (TPSA) is 34.4 Å². The van der Waals surface area contributed by atoms with Crippen molar-refractivity contribution in [2.45, 2.75) is 26.5 Å². The Morgan fingerprint density at radius 3 is 3.00 bits per heavy atom. The van der Waals surface area contributed by atoms with Crippen LogP contribution in [0.3, 0.4) is 0 Å². The lowest BCUT2D eigenvalue weighted by atomic mass is 10.2. The zero-order valence-corrected chi connectivity index (χ0v) is 8.63. The van der Waals surface area contributed by atoms with Crippen molar-refractivity contribution in [3.63, 3.8) is 0 Å². The summed E-state index contributed by atoms with van der Waals surface area (Å²) in [6.07, 6.45) is -0.887. The molecule has 1 N–H and O–H groups in total. The lowest BCUT2D eigenvalue weighted by Gasteiger charge is -2.04. The number of rotatable bonds is 7. The molecule has 0 bridgehead atoms. The molecule has 86 valence electrons. The third kappa shape index (κ3) is 4.40. The van der Waals surface area contributed by atoms with Crippen molar-refractivity contribution in [2.75, 3.05) is 13.2 Å². The molecule has 1 heterocycles. The summed E-state index contributed by atoms with van der Waals surface area (Å²) in [6, 6.07) is 1.73. The molecule has 0 aliphatic carbocycles. The maximum absolute atomic E-state index is 11.8. The minimum Gasteiger partial charge on any atom is -0.468 e. The van der Waals surface area contributed by atoms with Crippen LogP contribution in [-0.4, -0.2) is 19.6 Å². The predicted octanol–water partition coefficient (Wildman–Crippen LogP) is 2.17. The number of alkyl halides is 2. The highest BCUT2D eigenvalue weighted by atomic mass is 19.3. The molecular weight excluding hydrogens is 204 g/mol. The fourth-order valence-corrected chi connectivity index (χ4v) is 1.15. The minimum absolute atomic E-state index is 0.168. The molecule has 0 radical (unpaired) electrons. The standard InChI is InChI=1S/C10H15F2NO2/c1-2-13-5-9-8(3-4-15-9)6-14-7-10(11)12/h3-4,10,13H,2,5-7H2,1H3. The summed E-state index contributed by atoms with van der Waals surface area (Å²) < 4.78 is 33.6. The van der Waals surface area contributed by atoms with Crippen LogP contribution in [0, 0.1) is 0 Å². The summed E-state index contributed by atoms with van der Waals surface area (Å²) in [6.45, 7) is 3.04. The zero-order valence-electron chi connectivity index (χ0n) is 8.63. The lowest BCUT2D eigenvalue weighted by Crippen LogP contribution is -2.13. The normalized spacial score (nSPS) is 11.2. The van der Waals surface area contributed by atoms with Crippen molar-refractivity contribution in [1.29, 1.82) is 0 Å². The van der Waals surface area contributed by atoms with Gasteiger partial charge >= 0.3 is 0 Å². The molecule has 0 aromatic carbocycles. The molecule has 15 heavy (non-hydrogen) atoms. The van der Waals surface area contributed by atoms with Crippen molar-refractivity contribution in [1.82, 2.24) is 5.32 Å². The van der Waals surface area contributed by atoms with Crippen LogP contribution < -0.4 is 5.32 Å². The van der Waals surface area contributed by atoms with E-state index < -0.39 is 13.0 Å². The first-order chi connectivity index (χ1) is 7.24. The van der Waals surface area contributed by atoms with Crippen molar-refractivity contribution in [3.05, 3.63) is 23.7 Å². The van der Waals surface area contributed by atoms with Crippen LogP contribution in [0.25, 0.3) is 0 Å². The molecule has 1 aromatic heterocycles. The Morgan fingerprint density at radius 2 is 2.33 bits per heavy atom. The Morgan fingerprint density at radius 1 is 1.53 bits per heavy atom. The van der Waals surface area contributed by atoms with Crippen LogP contribution >= 0.6 is 0 Å².